The van der Waals surface area contributed by atoms with Crippen LogP contribution in [0.4, 0.5) is 0 Å². The predicted molar refractivity (Wildman–Crippen MR) is 66.8 cm³/mol. The first-order valence-electron chi connectivity index (χ1n) is 5.53. The number of rotatable bonds is 1. The molecular formula is C12H11ClN2O4. The molecule has 0 saturated carbocycles. The second-order valence-corrected chi connectivity index (χ2v) is 4.62. The highest BCUT2D eigenvalue weighted by molar-refractivity contribution is 6.31. The van der Waals surface area contributed by atoms with E-state index in [0.717, 1.165) is 4.90 Å². The van der Waals surface area contributed by atoms with Gasteiger partial charge >= 0.3 is 0 Å². The van der Waals surface area contributed by atoms with Gasteiger partial charge in [0.25, 0.3) is 5.91 Å². The monoisotopic (exact) mass is 282 g/mol. The van der Waals surface area contributed by atoms with Crippen molar-refractivity contribution in [2.45, 2.75) is 13.0 Å². The highest BCUT2D eigenvalue weighted by Crippen LogP contribution is 2.24. The minimum absolute atomic E-state index is 0.0400. The Kier molecular flexibility index (Phi) is 3.44. The third-order valence-electron chi connectivity index (χ3n) is 2.87. The number of nitrogens with zero attached hydrogens (tertiary/aromatic N) is 1. The minimum atomic E-state index is -0.788. The number of amides is 3. The molecule has 1 saturated heterocycles. The Morgan fingerprint density at radius 2 is 2.16 bits per heavy atom. The van der Waals surface area contributed by atoms with Crippen molar-refractivity contribution >= 4 is 29.3 Å². The first-order chi connectivity index (χ1) is 8.90. The van der Waals surface area contributed by atoms with E-state index in [1.54, 1.807) is 0 Å². The van der Waals surface area contributed by atoms with Gasteiger partial charge in [0.2, 0.25) is 11.8 Å². The highest BCUT2D eigenvalue weighted by Gasteiger charge is 2.34. The van der Waals surface area contributed by atoms with Gasteiger partial charge in [0.1, 0.15) is 18.3 Å². The van der Waals surface area contributed by atoms with Gasteiger partial charge in [0.05, 0.1) is 5.56 Å². The van der Waals surface area contributed by atoms with Crippen molar-refractivity contribution in [2.24, 2.45) is 0 Å². The van der Waals surface area contributed by atoms with E-state index < -0.39 is 23.8 Å². The van der Waals surface area contributed by atoms with Crippen LogP contribution < -0.4 is 5.32 Å². The van der Waals surface area contributed by atoms with Crippen LogP contribution in [0.2, 0.25) is 5.02 Å². The molecule has 0 spiro atoms. The van der Waals surface area contributed by atoms with Crippen molar-refractivity contribution in [3.8, 4) is 5.75 Å². The van der Waals surface area contributed by atoms with Gasteiger partial charge in [-0.3, -0.25) is 19.7 Å². The Bertz CT molecular complexity index is 573. The van der Waals surface area contributed by atoms with Crippen LogP contribution in [0, 0.1) is 0 Å². The number of benzene rings is 1. The van der Waals surface area contributed by atoms with Crippen LogP contribution in [-0.4, -0.2) is 40.3 Å². The molecule has 19 heavy (non-hydrogen) atoms. The first kappa shape index (κ1) is 13.4. The van der Waals surface area contributed by atoms with E-state index in [1.807, 2.05) is 0 Å². The molecule has 2 N–H and O–H groups in total. The molecule has 0 bridgehead atoms. The molecule has 1 aromatic rings. The van der Waals surface area contributed by atoms with Crippen molar-refractivity contribution < 1.29 is 19.5 Å². The van der Waals surface area contributed by atoms with E-state index in [0.29, 0.717) is 0 Å². The lowest BCUT2D eigenvalue weighted by Gasteiger charge is -2.31. The lowest BCUT2D eigenvalue weighted by molar-refractivity contribution is -0.138. The zero-order chi connectivity index (χ0) is 14.2. The number of hydrogen-bond acceptors (Lipinski definition) is 4. The predicted octanol–water partition coefficient (Wildman–Crippen LogP) is 0.533. The summed E-state index contributed by atoms with van der Waals surface area (Å²) in [6, 6.07) is 3.23. The fourth-order valence-electron chi connectivity index (χ4n) is 1.80. The Labute approximate surface area is 114 Å². The van der Waals surface area contributed by atoms with Crippen LogP contribution in [0.15, 0.2) is 18.2 Å². The number of carbonyl (C=O) groups excluding carboxylic acids is 3. The molecule has 1 atom stereocenters. The smallest absolute Gasteiger partial charge is 0.258 e. The number of aromatic hydroxyl groups is 1. The van der Waals surface area contributed by atoms with Gasteiger partial charge in [-0.2, -0.15) is 0 Å². The molecular weight excluding hydrogens is 272 g/mol. The van der Waals surface area contributed by atoms with E-state index in [9.17, 15) is 19.5 Å². The van der Waals surface area contributed by atoms with Crippen molar-refractivity contribution in [3.63, 3.8) is 0 Å². The summed E-state index contributed by atoms with van der Waals surface area (Å²) < 4.78 is 0. The van der Waals surface area contributed by atoms with Crippen LogP contribution in [0.5, 0.6) is 5.75 Å². The lowest BCUT2D eigenvalue weighted by atomic mass is 10.1. The summed E-state index contributed by atoms with van der Waals surface area (Å²) in [5.41, 5.74) is -0.0400. The average Bonchev–Trinajstić information content (AvgIpc) is 2.36. The molecule has 1 aliphatic rings. The minimum Gasteiger partial charge on any atom is -0.507 e. The Morgan fingerprint density at radius 1 is 1.47 bits per heavy atom. The molecule has 0 aromatic heterocycles. The van der Waals surface area contributed by atoms with Crippen LogP contribution in [0.1, 0.15) is 17.3 Å². The summed E-state index contributed by atoms with van der Waals surface area (Å²) in [5.74, 6) is -1.97. The fraction of sp³-hybridized carbons (Fsp3) is 0.250. The molecule has 1 aromatic carbocycles. The van der Waals surface area contributed by atoms with Crippen LogP contribution in [0.25, 0.3) is 0 Å². The van der Waals surface area contributed by atoms with Crippen LogP contribution in [-0.2, 0) is 9.59 Å². The van der Waals surface area contributed by atoms with E-state index >= 15 is 0 Å². The molecule has 1 unspecified atom stereocenters. The maximum absolute atomic E-state index is 12.2. The van der Waals surface area contributed by atoms with Gasteiger partial charge in [-0.05, 0) is 25.1 Å². The maximum Gasteiger partial charge on any atom is 0.258 e. The fourth-order valence-corrected chi connectivity index (χ4v) is 1.97. The largest absolute Gasteiger partial charge is 0.507 e. The highest BCUT2D eigenvalue weighted by atomic mass is 35.5. The van der Waals surface area contributed by atoms with Crippen LogP contribution in [0.3, 0.4) is 0 Å². The van der Waals surface area contributed by atoms with Crippen LogP contribution >= 0.6 is 11.6 Å². The summed E-state index contributed by atoms with van der Waals surface area (Å²) >= 11 is 5.77. The number of nitrogens with one attached hydrogen (secondary N) is 1. The topological polar surface area (TPSA) is 86.7 Å². The Morgan fingerprint density at radius 3 is 2.84 bits per heavy atom. The SMILES string of the molecule is CC1C(=O)NC(=O)CN1C(=O)c1cc(Cl)ccc1O. The number of phenols is 1. The van der Waals surface area contributed by atoms with Gasteiger partial charge in [-0.25, -0.2) is 0 Å². The van der Waals surface area contributed by atoms with Crippen molar-refractivity contribution in [1.29, 1.82) is 0 Å². The number of piperazine rings is 1. The molecule has 7 heteroatoms. The zero-order valence-electron chi connectivity index (χ0n) is 10.0. The van der Waals surface area contributed by atoms with Gasteiger partial charge in [0, 0.05) is 5.02 Å². The summed E-state index contributed by atoms with van der Waals surface area (Å²) in [4.78, 5) is 36.1. The van der Waals surface area contributed by atoms with Crippen molar-refractivity contribution in [3.05, 3.63) is 28.8 Å². The third-order valence-corrected chi connectivity index (χ3v) is 3.11. The van der Waals surface area contributed by atoms with Gasteiger partial charge in [-0.15, -0.1) is 0 Å². The zero-order valence-corrected chi connectivity index (χ0v) is 10.8. The molecule has 1 fully saturated rings. The average molecular weight is 283 g/mol. The van der Waals surface area contributed by atoms with E-state index in [2.05, 4.69) is 5.32 Å². The van der Waals surface area contributed by atoms with E-state index in [-0.39, 0.29) is 22.9 Å². The second-order valence-electron chi connectivity index (χ2n) is 4.18. The standard InChI is InChI=1S/C12H11ClN2O4/c1-6-11(18)14-10(17)5-15(6)12(19)8-4-7(13)2-3-9(8)16/h2-4,6,16H,5H2,1H3,(H,14,17,18). The molecule has 100 valence electrons. The number of phenolic OH excluding ortho intramolecular Hbond substituents is 1. The van der Waals surface area contributed by atoms with Gasteiger partial charge in [-0.1, -0.05) is 11.6 Å². The number of imide groups is 1. The normalized spacial score (nSPS) is 19.3. The third kappa shape index (κ3) is 2.53. The summed E-state index contributed by atoms with van der Waals surface area (Å²) in [6.07, 6.45) is 0. The summed E-state index contributed by atoms with van der Waals surface area (Å²) in [5, 5.41) is 12.1. The molecule has 3 amide bonds. The van der Waals surface area contributed by atoms with Crippen molar-refractivity contribution in [2.75, 3.05) is 6.54 Å². The molecule has 6 nitrogen and oxygen atoms in total. The first-order valence-corrected chi connectivity index (χ1v) is 5.91. The van der Waals surface area contributed by atoms with E-state index in [4.69, 9.17) is 11.6 Å². The lowest BCUT2D eigenvalue weighted by Crippen LogP contribution is -2.58. The quantitative estimate of drug-likeness (QED) is 0.736. The molecule has 1 heterocycles. The molecule has 1 aliphatic heterocycles. The van der Waals surface area contributed by atoms with E-state index in [1.165, 1.54) is 25.1 Å². The molecule has 2 rings (SSSR count). The van der Waals surface area contributed by atoms with Crippen molar-refractivity contribution in [1.82, 2.24) is 10.2 Å². The Hall–Kier alpha value is -2.08. The van der Waals surface area contributed by atoms with Gasteiger partial charge in [0.15, 0.2) is 0 Å². The number of carbonyl (C=O) groups is 3. The second kappa shape index (κ2) is 4.89. The summed E-state index contributed by atoms with van der Waals surface area (Å²) in [7, 11) is 0. The molecule has 0 aliphatic carbocycles. The summed E-state index contributed by atoms with van der Waals surface area (Å²) in [6.45, 7) is 1.26. The number of hydrogen-bond donors (Lipinski definition) is 2. The Balaban J connectivity index is 2.35. The van der Waals surface area contributed by atoms with Gasteiger partial charge < -0.3 is 10.0 Å². The maximum atomic E-state index is 12.2. The molecule has 0 radical (unpaired) electrons. The number of halogens is 1.